The summed E-state index contributed by atoms with van der Waals surface area (Å²) in [4.78, 5) is 25.9. The zero-order valence-corrected chi connectivity index (χ0v) is 15.0. The lowest BCUT2D eigenvalue weighted by Gasteiger charge is -2.33. The van der Waals surface area contributed by atoms with E-state index in [0.29, 0.717) is 13.2 Å². The number of carbonyl (C=O) groups is 1. The van der Waals surface area contributed by atoms with Crippen LogP contribution in [0.1, 0.15) is 36.0 Å². The van der Waals surface area contributed by atoms with Crippen LogP contribution in [0.4, 0.5) is 5.82 Å². The Morgan fingerprint density at radius 1 is 1.35 bits per heavy atom. The number of esters is 1. The Labute approximate surface area is 140 Å². The van der Waals surface area contributed by atoms with Gasteiger partial charge in [0.15, 0.2) is 0 Å². The average molecular weight is 333 g/mol. The van der Waals surface area contributed by atoms with Crippen molar-refractivity contribution in [3.05, 3.63) is 16.3 Å². The van der Waals surface area contributed by atoms with Crippen molar-refractivity contribution in [1.29, 1.82) is 0 Å². The molecule has 3 heterocycles. The number of hydrogen-bond acceptors (Lipinski definition) is 6. The van der Waals surface area contributed by atoms with E-state index in [1.54, 1.807) is 11.3 Å². The molecule has 0 aliphatic carbocycles. The molecule has 1 aliphatic rings. The number of carbonyl (C=O) groups excluding carboxylic acids is 1. The van der Waals surface area contributed by atoms with Gasteiger partial charge in [-0.25, -0.2) is 9.97 Å². The predicted molar refractivity (Wildman–Crippen MR) is 93.2 cm³/mol. The summed E-state index contributed by atoms with van der Waals surface area (Å²) < 4.78 is 5.21. The van der Waals surface area contributed by atoms with Gasteiger partial charge >= 0.3 is 5.97 Å². The summed E-state index contributed by atoms with van der Waals surface area (Å²) in [6.45, 7) is 10.1. The molecule has 1 atom stereocenters. The van der Waals surface area contributed by atoms with E-state index in [1.807, 2.05) is 13.8 Å². The Bertz CT molecular complexity index is 741. The van der Waals surface area contributed by atoms with Crippen LogP contribution in [-0.4, -0.2) is 35.6 Å². The molecule has 0 aromatic carbocycles. The molecule has 1 saturated heterocycles. The fourth-order valence-electron chi connectivity index (χ4n) is 3.18. The summed E-state index contributed by atoms with van der Waals surface area (Å²) in [5, 5.41) is 1.14. The van der Waals surface area contributed by atoms with Gasteiger partial charge in [0.1, 0.15) is 16.5 Å². The van der Waals surface area contributed by atoms with Gasteiger partial charge in [0.25, 0.3) is 0 Å². The normalized spacial score (nSPS) is 18.4. The van der Waals surface area contributed by atoms with Crippen molar-refractivity contribution in [1.82, 2.24) is 9.97 Å². The van der Waals surface area contributed by atoms with E-state index < -0.39 is 0 Å². The Balaban J connectivity index is 1.97. The molecule has 0 radical (unpaired) electrons. The van der Waals surface area contributed by atoms with Crippen molar-refractivity contribution in [2.45, 2.75) is 40.5 Å². The van der Waals surface area contributed by atoms with Gasteiger partial charge < -0.3 is 9.64 Å². The monoisotopic (exact) mass is 333 g/mol. The molecule has 0 bridgehead atoms. The maximum absolute atomic E-state index is 12.1. The number of hydrogen-bond donors (Lipinski definition) is 0. The minimum Gasteiger partial charge on any atom is -0.466 e. The maximum atomic E-state index is 12.1. The number of piperidine rings is 1. The van der Waals surface area contributed by atoms with Crippen LogP contribution in [0.5, 0.6) is 0 Å². The van der Waals surface area contributed by atoms with Crippen LogP contribution in [-0.2, 0) is 9.53 Å². The first-order valence-corrected chi connectivity index (χ1v) is 8.98. The Hall–Kier alpha value is -1.69. The quantitative estimate of drug-likeness (QED) is 0.806. The molecule has 2 aromatic rings. The van der Waals surface area contributed by atoms with E-state index in [0.717, 1.165) is 41.2 Å². The molecular weight excluding hydrogens is 310 g/mol. The SMILES string of the molecule is CCOC(=O)C1CCCN(c2nc(C)nc3sc(C)c(C)c23)C1. The van der Waals surface area contributed by atoms with E-state index >= 15 is 0 Å². The van der Waals surface area contributed by atoms with Crippen molar-refractivity contribution in [2.75, 3.05) is 24.6 Å². The lowest BCUT2D eigenvalue weighted by molar-refractivity contribution is -0.148. The third-order valence-corrected chi connectivity index (χ3v) is 5.56. The lowest BCUT2D eigenvalue weighted by atomic mass is 9.98. The summed E-state index contributed by atoms with van der Waals surface area (Å²) in [7, 11) is 0. The van der Waals surface area contributed by atoms with Crippen LogP contribution in [0.2, 0.25) is 0 Å². The molecule has 1 fully saturated rings. The van der Waals surface area contributed by atoms with E-state index in [4.69, 9.17) is 9.72 Å². The van der Waals surface area contributed by atoms with Crippen molar-refractivity contribution in [3.8, 4) is 0 Å². The number of thiophene rings is 1. The van der Waals surface area contributed by atoms with Gasteiger partial charge in [-0.1, -0.05) is 0 Å². The second-order valence-electron chi connectivity index (χ2n) is 6.10. The van der Waals surface area contributed by atoms with E-state index in [1.165, 1.54) is 10.4 Å². The largest absolute Gasteiger partial charge is 0.466 e. The zero-order valence-electron chi connectivity index (χ0n) is 14.2. The fraction of sp³-hybridized carbons (Fsp3) is 0.588. The van der Waals surface area contributed by atoms with Crippen molar-refractivity contribution >= 4 is 33.3 Å². The summed E-state index contributed by atoms with van der Waals surface area (Å²) >= 11 is 1.72. The number of ether oxygens (including phenoxy) is 1. The third-order valence-electron chi connectivity index (χ3n) is 4.46. The number of fused-ring (bicyclic) bond motifs is 1. The first kappa shape index (κ1) is 16.2. The van der Waals surface area contributed by atoms with Gasteiger partial charge in [0, 0.05) is 18.0 Å². The maximum Gasteiger partial charge on any atom is 0.310 e. The van der Waals surface area contributed by atoms with Crippen LogP contribution in [0.15, 0.2) is 0 Å². The van der Waals surface area contributed by atoms with Crippen molar-refractivity contribution < 1.29 is 9.53 Å². The molecule has 5 nitrogen and oxygen atoms in total. The fourth-order valence-corrected chi connectivity index (χ4v) is 4.25. The standard InChI is InChI=1S/C17H23N3O2S/c1-5-22-17(21)13-7-6-8-20(9-13)15-14-10(2)11(3)23-16(14)19-12(4)18-15/h13H,5-9H2,1-4H3. The van der Waals surface area contributed by atoms with E-state index in [-0.39, 0.29) is 11.9 Å². The molecule has 0 saturated carbocycles. The summed E-state index contributed by atoms with van der Waals surface area (Å²) in [6.07, 6.45) is 1.88. The molecule has 0 amide bonds. The number of nitrogens with zero attached hydrogens (tertiary/aromatic N) is 3. The Morgan fingerprint density at radius 3 is 2.87 bits per heavy atom. The first-order chi connectivity index (χ1) is 11.0. The molecule has 2 aromatic heterocycles. The second-order valence-corrected chi connectivity index (χ2v) is 7.30. The highest BCUT2D eigenvalue weighted by Crippen LogP contribution is 2.36. The zero-order chi connectivity index (χ0) is 16.6. The van der Waals surface area contributed by atoms with Crippen LogP contribution in [0.25, 0.3) is 10.2 Å². The average Bonchev–Trinajstić information content (AvgIpc) is 2.81. The highest BCUT2D eigenvalue weighted by Gasteiger charge is 2.29. The molecule has 0 spiro atoms. The molecule has 0 N–H and O–H groups in total. The Kier molecular flexibility index (Phi) is 4.53. The van der Waals surface area contributed by atoms with Crippen LogP contribution in [0.3, 0.4) is 0 Å². The smallest absolute Gasteiger partial charge is 0.310 e. The minimum atomic E-state index is -0.0857. The predicted octanol–water partition coefficient (Wildman–Crippen LogP) is 3.40. The van der Waals surface area contributed by atoms with Gasteiger partial charge in [-0.15, -0.1) is 11.3 Å². The van der Waals surface area contributed by atoms with Gasteiger partial charge in [-0.05, 0) is 46.1 Å². The van der Waals surface area contributed by atoms with E-state index in [2.05, 4.69) is 23.7 Å². The second kappa shape index (κ2) is 6.43. The molecular formula is C17H23N3O2S. The minimum absolute atomic E-state index is 0.0611. The molecule has 23 heavy (non-hydrogen) atoms. The van der Waals surface area contributed by atoms with Gasteiger partial charge in [0.05, 0.1) is 17.9 Å². The number of rotatable bonds is 3. The van der Waals surface area contributed by atoms with Gasteiger partial charge in [-0.2, -0.15) is 0 Å². The molecule has 6 heteroatoms. The van der Waals surface area contributed by atoms with Crippen LogP contribution in [0, 0.1) is 26.7 Å². The molecule has 124 valence electrons. The van der Waals surface area contributed by atoms with Gasteiger partial charge in [0.2, 0.25) is 0 Å². The van der Waals surface area contributed by atoms with Crippen molar-refractivity contribution in [3.63, 3.8) is 0 Å². The third kappa shape index (κ3) is 3.04. The molecule has 1 unspecified atom stereocenters. The summed E-state index contributed by atoms with van der Waals surface area (Å²) in [5.74, 6) is 1.61. The lowest BCUT2D eigenvalue weighted by Crippen LogP contribution is -2.40. The summed E-state index contributed by atoms with van der Waals surface area (Å²) in [6, 6.07) is 0. The molecule has 1 aliphatic heterocycles. The van der Waals surface area contributed by atoms with Crippen molar-refractivity contribution in [2.24, 2.45) is 5.92 Å². The number of aryl methyl sites for hydroxylation is 3. The van der Waals surface area contributed by atoms with Crippen LogP contribution >= 0.6 is 11.3 Å². The van der Waals surface area contributed by atoms with E-state index in [9.17, 15) is 4.79 Å². The van der Waals surface area contributed by atoms with Gasteiger partial charge in [-0.3, -0.25) is 4.79 Å². The highest BCUT2D eigenvalue weighted by atomic mass is 32.1. The summed E-state index contributed by atoms with van der Waals surface area (Å²) in [5.41, 5.74) is 1.25. The number of anilines is 1. The molecule has 3 rings (SSSR count). The Morgan fingerprint density at radius 2 is 2.13 bits per heavy atom. The number of aromatic nitrogens is 2. The highest BCUT2D eigenvalue weighted by molar-refractivity contribution is 7.18. The topological polar surface area (TPSA) is 55.3 Å². The van der Waals surface area contributed by atoms with Crippen LogP contribution < -0.4 is 4.90 Å². The first-order valence-electron chi connectivity index (χ1n) is 8.17.